The SMILES string of the molecule is COc1ccc(-c2n[se]nc2-c2ccc3c(c2)OCO3)cc1N. The van der Waals surface area contributed by atoms with Crippen LogP contribution >= 0.6 is 0 Å². The molecule has 0 fully saturated rings. The van der Waals surface area contributed by atoms with E-state index in [1.165, 1.54) is 0 Å². The summed E-state index contributed by atoms with van der Waals surface area (Å²) >= 11 is -0.157. The van der Waals surface area contributed by atoms with Crippen molar-refractivity contribution >= 4 is 20.6 Å². The van der Waals surface area contributed by atoms with E-state index in [0.29, 0.717) is 11.4 Å². The zero-order chi connectivity index (χ0) is 15.8. The Morgan fingerprint density at radius 1 is 1.00 bits per heavy atom. The van der Waals surface area contributed by atoms with Crippen LogP contribution in [0.4, 0.5) is 5.69 Å². The van der Waals surface area contributed by atoms with Gasteiger partial charge in [0.2, 0.25) is 0 Å². The van der Waals surface area contributed by atoms with E-state index in [1.807, 2.05) is 36.4 Å². The molecule has 6 nitrogen and oxygen atoms in total. The molecule has 1 aliphatic rings. The fourth-order valence-electron chi connectivity index (χ4n) is 2.49. The van der Waals surface area contributed by atoms with E-state index in [9.17, 15) is 0 Å². The molecule has 1 aliphatic heterocycles. The molecule has 2 aromatic carbocycles. The Kier molecular flexibility index (Phi) is 3.44. The zero-order valence-corrected chi connectivity index (χ0v) is 14.0. The number of aromatic nitrogens is 2. The van der Waals surface area contributed by atoms with Crippen LogP contribution in [-0.2, 0) is 0 Å². The summed E-state index contributed by atoms with van der Waals surface area (Å²) < 4.78 is 25.1. The van der Waals surface area contributed by atoms with Gasteiger partial charge in [-0.1, -0.05) is 0 Å². The summed E-state index contributed by atoms with van der Waals surface area (Å²) in [5, 5.41) is 0. The van der Waals surface area contributed by atoms with Crippen molar-refractivity contribution in [3.63, 3.8) is 0 Å². The number of ether oxygens (including phenoxy) is 3. The summed E-state index contributed by atoms with van der Waals surface area (Å²) in [7, 11) is 1.60. The van der Waals surface area contributed by atoms with Crippen molar-refractivity contribution in [2.75, 3.05) is 19.6 Å². The topological polar surface area (TPSA) is 79.5 Å². The second kappa shape index (κ2) is 5.61. The van der Waals surface area contributed by atoms with Crippen molar-refractivity contribution < 1.29 is 14.2 Å². The maximum atomic E-state index is 6.01. The molecule has 0 atom stereocenters. The predicted molar refractivity (Wildman–Crippen MR) is 86.9 cm³/mol. The molecule has 116 valence electrons. The molecule has 2 heterocycles. The van der Waals surface area contributed by atoms with Gasteiger partial charge >= 0.3 is 139 Å². The van der Waals surface area contributed by atoms with Gasteiger partial charge in [-0.2, -0.15) is 0 Å². The molecule has 0 bridgehead atoms. The van der Waals surface area contributed by atoms with Crippen LogP contribution < -0.4 is 19.9 Å². The molecule has 1 aromatic heterocycles. The molecule has 23 heavy (non-hydrogen) atoms. The Morgan fingerprint density at radius 2 is 1.70 bits per heavy atom. The van der Waals surface area contributed by atoms with Gasteiger partial charge in [0, 0.05) is 0 Å². The van der Waals surface area contributed by atoms with E-state index in [-0.39, 0.29) is 21.8 Å². The summed E-state index contributed by atoms with van der Waals surface area (Å²) in [5.41, 5.74) is 10.2. The van der Waals surface area contributed by atoms with Gasteiger partial charge in [0.15, 0.2) is 0 Å². The molecule has 0 unspecified atom stereocenters. The predicted octanol–water partition coefficient (Wildman–Crippen LogP) is 2.19. The number of nitrogen functional groups attached to an aromatic ring is 1. The van der Waals surface area contributed by atoms with Crippen LogP contribution in [0.25, 0.3) is 22.5 Å². The van der Waals surface area contributed by atoms with Crippen molar-refractivity contribution in [1.82, 2.24) is 7.96 Å². The monoisotopic (exact) mass is 375 g/mol. The quantitative estimate of drug-likeness (QED) is 0.559. The first-order valence-electron chi connectivity index (χ1n) is 6.93. The molecular weight excluding hydrogens is 361 g/mol. The third kappa shape index (κ3) is 2.44. The third-order valence-electron chi connectivity index (χ3n) is 3.64. The number of hydrogen-bond donors (Lipinski definition) is 1. The zero-order valence-electron chi connectivity index (χ0n) is 12.3. The molecule has 2 N–H and O–H groups in total. The second-order valence-electron chi connectivity index (χ2n) is 4.99. The molecule has 0 aliphatic carbocycles. The Bertz CT molecular complexity index is 879. The molecule has 0 amide bonds. The second-order valence-corrected chi connectivity index (χ2v) is 6.09. The van der Waals surface area contributed by atoms with E-state index in [2.05, 4.69) is 7.96 Å². The molecule has 4 rings (SSSR count). The van der Waals surface area contributed by atoms with E-state index >= 15 is 0 Å². The van der Waals surface area contributed by atoms with Gasteiger partial charge in [-0.3, -0.25) is 0 Å². The van der Waals surface area contributed by atoms with Crippen molar-refractivity contribution in [2.24, 2.45) is 0 Å². The van der Waals surface area contributed by atoms with Crippen molar-refractivity contribution in [1.29, 1.82) is 0 Å². The molecule has 7 heteroatoms. The summed E-state index contributed by atoms with van der Waals surface area (Å²) in [4.78, 5) is 0. The van der Waals surface area contributed by atoms with Crippen molar-refractivity contribution in [2.45, 2.75) is 0 Å². The number of nitrogens with zero attached hydrogens (tertiary/aromatic N) is 2. The summed E-state index contributed by atoms with van der Waals surface area (Å²) in [6.45, 7) is 0.255. The molecule has 0 spiro atoms. The Labute approximate surface area is 139 Å². The van der Waals surface area contributed by atoms with Gasteiger partial charge in [-0.25, -0.2) is 0 Å². The first-order chi connectivity index (χ1) is 11.3. The number of nitrogens with two attached hydrogens (primary N) is 1. The molecule has 0 radical (unpaired) electrons. The Balaban J connectivity index is 1.78. The van der Waals surface area contributed by atoms with E-state index in [1.54, 1.807) is 7.11 Å². The Hall–Kier alpha value is -2.50. The van der Waals surface area contributed by atoms with Crippen LogP contribution in [0.2, 0.25) is 0 Å². The van der Waals surface area contributed by atoms with Gasteiger partial charge in [0.25, 0.3) is 0 Å². The number of rotatable bonds is 3. The van der Waals surface area contributed by atoms with Gasteiger partial charge < -0.3 is 0 Å². The van der Waals surface area contributed by atoms with Crippen LogP contribution in [0, 0.1) is 0 Å². The number of hydrogen-bond acceptors (Lipinski definition) is 6. The van der Waals surface area contributed by atoms with Crippen molar-refractivity contribution in [3.05, 3.63) is 36.4 Å². The van der Waals surface area contributed by atoms with E-state index in [4.69, 9.17) is 19.9 Å². The van der Waals surface area contributed by atoms with Gasteiger partial charge in [-0.05, 0) is 0 Å². The van der Waals surface area contributed by atoms with Crippen LogP contribution in [0.3, 0.4) is 0 Å². The fourth-order valence-corrected chi connectivity index (χ4v) is 3.73. The molecule has 0 saturated heterocycles. The number of anilines is 1. The normalized spacial score (nSPS) is 12.4. The van der Waals surface area contributed by atoms with Crippen LogP contribution in [0.15, 0.2) is 36.4 Å². The Morgan fingerprint density at radius 3 is 2.43 bits per heavy atom. The standard InChI is InChI=1S/C16H13N3O3Se/c1-20-12-4-2-9(6-11(12)17)15-16(19-23-18-15)10-3-5-13-14(7-10)22-8-21-13/h2-7H,8,17H2,1H3. The average Bonchev–Trinajstić information content (AvgIpc) is 3.23. The fraction of sp³-hybridized carbons (Fsp3) is 0.125. The summed E-state index contributed by atoms with van der Waals surface area (Å²) in [5.74, 6) is 2.14. The number of benzene rings is 2. The average molecular weight is 374 g/mol. The van der Waals surface area contributed by atoms with Crippen LogP contribution in [0.1, 0.15) is 0 Å². The molecule has 0 saturated carbocycles. The van der Waals surface area contributed by atoms with E-state index < -0.39 is 0 Å². The summed E-state index contributed by atoms with van der Waals surface area (Å²) in [6.07, 6.45) is 0. The van der Waals surface area contributed by atoms with Crippen molar-refractivity contribution in [3.8, 4) is 39.8 Å². The minimum atomic E-state index is -0.157. The molecular formula is C16H13N3O3Se. The van der Waals surface area contributed by atoms with Gasteiger partial charge in [-0.15, -0.1) is 0 Å². The summed E-state index contributed by atoms with van der Waals surface area (Å²) in [6, 6.07) is 11.4. The number of methoxy groups -OCH3 is 1. The van der Waals surface area contributed by atoms with Crippen LogP contribution in [0.5, 0.6) is 17.2 Å². The van der Waals surface area contributed by atoms with E-state index in [0.717, 1.165) is 34.0 Å². The van der Waals surface area contributed by atoms with Gasteiger partial charge in [0.1, 0.15) is 0 Å². The first kappa shape index (κ1) is 14.1. The van der Waals surface area contributed by atoms with Gasteiger partial charge in [0.05, 0.1) is 0 Å². The molecule has 3 aromatic rings. The van der Waals surface area contributed by atoms with Crippen LogP contribution in [-0.4, -0.2) is 36.8 Å². The minimum absolute atomic E-state index is 0.157. The third-order valence-corrected chi connectivity index (χ3v) is 4.75. The first-order valence-corrected chi connectivity index (χ1v) is 8.46. The number of fused-ring (bicyclic) bond motifs is 1. The maximum absolute atomic E-state index is 6.01.